The van der Waals surface area contributed by atoms with E-state index in [4.69, 9.17) is 19.9 Å². The normalized spacial score (nSPS) is 14.8. The number of likely N-dealkylation sites (N-methyl/N-ethyl adjacent to an activating group) is 1. The third-order valence-electron chi connectivity index (χ3n) is 7.85. The number of nitrogens with two attached hydrogens (primary N) is 1. The van der Waals surface area contributed by atoms with Crippen LogP contribution in [0.25, 0.3) is 10.9 Å². The molecule has 9 heteroatoms. The Bertz CT molecular complexity index is 1570. The number of carbonyl (C=O) groups is 1. The van der Waals surface area contributed by atoms with Crippen molar-refractivity contribution in [2.75, 3.05) is 45.6 Å². The van der Waals surface area contributed by atoms with Crippen LogP contribution in [0.4, 0.5) is 10.5 Å². The van der Waals surface area contributed by atoms with Gasteiger partial charge < -0.3 is 29.8 Å². The third-order valence-corrected chi connectivity index (χ3v) is 7.85. The summed E-state index contributed by atoms with van der Waals surface area (Å²) in [4.78, 5) is 31.8. The minimum absolute atomic E-state index is 0.212. The lowest BCUT2D eigenvalue weighted by Crippen LogP contribution is -2.25. The molecule has 1 unspecified atom stereocenters. The van der Waals surface area contributed by atoms with Crippen molar-refractivity contribution < 1.29 is 19.0 Å². The van der Waals surface area contributed by atoms with E-state index >= 15 is 0 Å². The Morgan fingerprint density at radius 2 is 1.75 bits per heavy atom. The summed E-state index contributed by atoms with van der Waals surface area (Å²) in [5, 5.41) is 0.811. The molecule has 9 nitrogen and oxygen atoms in total. The molecule has 1 saturated heterocycles. The van der Waals surface area contributed by atoms with Crippen molar-refractivity contribution in [3.05, 3.63) is 106 Å². The molecule has 1 amide bonds. The van der Waals surface area contributed by atoms with Gasteiger partial charge in [-0.3, -0.25) is 9.69 Å². The monoisotopic (exact) mass is 598 g/mol. The van der Waals surface area contributed by atoms with E-state index in [0.717, 1.165) is 67.6 Å². The molecule has 0 aliphatic carbocycles. The highest BCUT2D eigenvalue weighted by molar-refractivity contribution is 5.88. The first-order chi connectivity index (χ1) is 21.5. The predicted molar refractivity (Wildman–Crippen MR) is 173 cm³/mol. The summed E-state index contributed by atoms with van der Waals surface area (Å²) in [6.07, 6.45) is 3.26. The average molecular weight is 599 g/mol. The van der Waals surface area contributed by atoms with E-state index in [1.807, 2.05) is 60.7 Å². The number of hydrogen-bond donors (Lipinski definition) is 2. The van der Waals surface area contributed by atoms with Crippen LogP contribution in [0.5, 0.6) is 5.75 Å². The number of anilines is 1. The van der Waals surface area contributed by atoms with E-state index in [2.05, 4.69) is 23.0 Å². The fourth-order valence-electron chi connectivity index (χ4n) is 5.50. The van der Waals surface area contributed by atoms with E-state index in [9.17, 15) is 9.59 Å². The van der Waals surface area contributed by atoms with Crippen LogP contribution in [0.1, 0.15) is 48.5 Å². The maximum absolute atomic E-state index is 12.7. The quantitative estimate of drug-likeness (QED) is 0.122. The number of fused-ring (bicyclic) bond motifs is 1. The van der Waals surface area contributed by atoms with Crippen LogP contribution < -0.4 is 16.0 Å². The Balaban J connectivity index is 1.03. The summed E-state index contributed by atoms with van der Waals surface area (Å²) < 4.78 is 17.7. The molecule has 1 aliphatic rings. The fraction of sp³-hybridized carbons (Fsp3) is 0.371. The molecular formula is C35H42N4O5. The number of carbonyl (C=O) groups excluding carboxylic acids is 1. The van der Waals surface area contributed by atoms with Gasteiger partial charge in [0.05, 0.1) is 18.7 Å². The second-order valence-corrected chi connectivity index (χ2v) is 11.4. The number of hydrogen-bond acceptors (Lipinski definition) is 7. The summed E-state index contributed by atoms with van der Waals surface area (Å²) in [6, 6.07) is 24.9. The largest absolute Gasteiger partial charge is 0.487 e. The molecular weight excluding hydrogens is 556 g/mol. The number of ether oxygens (including phenoxy) is 3. The molecule has 1 atom stereocenters. The summed E-state index contributed by atoms with van der Waals surface area (Å²) in [5.74, 6) is 0.584. The molecule has 3 N–H and O–H groups in total. The molecule has 0 bridgehead atoms. The van der Waals surface area contributed by atoms with Crippen molar-refractivity contribution in [1.29, 1.82) is 0 Å². The number of amides is 1. The zero-order valence-corrected chi connectivity index (χ0v) is 25.4. The van der Waals surface area contributed by atoms with Crippen LogP contribution in [0.3, 0.4) is 0 Å². The number of aromatic nitrogens is 1. The standard InChI is InChI=1S/C35H42N4O5/c1-38(23-27-12-9-13-28(36)22-27)19-21-42-20-8-3-2-7-18-39-24-32(44-35(39)41)29-14-16-31(34-30(29)15-17-33(40)37-34)43-25-26-10-5-4-6-11-26/h4-6,9-17,22,32H,2-3,7-8,18-21,23-25,36H2,1H3,(H,37,40). The highest BCUT2D eigenvalue weighted by Gasteiger charge is 2.33. The number of aromatic amines is 1. The summed E-state index contributed by atoms with van der Waals surface area (Å²) in [6.45, 7) is 4.65. The Morgan fingerprint density at radius 1 is 0.932 bits per heavy atom. The number of benzene rings is 3. The van der Waals surface area contributed by atoms with Crippen molar-refractivity contribution in [2.24, 2.45) is 0 Å². The molecule has 5 rings (SSSR count). The van der Waals surface area contributed by atoms with E-state index in [1.54, 1.807) is 11.0 Å². The Kier molecular flexibility index (Phi) is 10.9. The van der Waals surface area contributed by atoms with E-state index < -0.39 is 6.10 Å². The van der Waals surface area contributed by atoms with Gasteiger partial charge in [0.2, 0.25) is 5.56 Å². The van der Waals surface area contributed by atoms with Crippen LogP contribution in [0.2, 0.25) is 0 Å². The van der Waals surface area contributed by atoms with Gasteiger partial charge in [-0.25, -0.2) is 4.79 Å². The zero-order chi connectivity index (χ0) is 30.7. The third kappa shape index (κ3) is 8.61. The van der Waals surface area contributed by atoms with Crippen LogP contribution in [0, 0.1) is 0 Å². The molecule has 1 fully saturated rings. The number of unbranched alkanes of at least 4 members (excludes halogenated alkanes) is 3. The number of nitrogens with zero attached hydrogens (tertiary/aromatic N) is 2. The molecule has 3 aromatic carbocycles. The minimum atomic E-state index is -0.412. The van der Waals surface area contributed by atoms with Gasteiger partial charge in [-0.1, -0.05) is 61.4 Å². The van der Waals surface area contributed by atoms with Crippen LogP contribution in [-0.2, 0) is 22.6 Å². The summed E-state index contributed by atoms with van der Waals surface area (Å²) in [7, 11) is 2.08. The van der Waals surface area contributed by atoms with Gasteiger partial charge in [-0.15, -0.1) is 0 Å². The Morgan fingerprint density at radius 3 is 2.59 bits per heavy atom. The zero-order valence-electron chi connectivity index (χ0n) is 25.4. The molecule has 44 heavy (non-hydrogen) atoms. The van der Waals surface area contributed by atoms with E-state index in [-0.39, 0.29) is 11.7 Å². The summed E-state index contributed by atoms with van der Waals surface area (Å²) >= 11 is 0. The van der Waals surface area contributed by atoms with Crippen molar-refractivity contribution in [3.8, 4) is 5.75 Å². The topological polar surface area (TPSA) is 110 Å². The Hall–Kier alpha value is -4.34. The smallest absolute Gasteiger partial charge is 0.410 e. The van der Waals surface area contributed by atoms with Gasteiger partial charge >= 0.3 is 6.09 Å². The predicted octanol–water partition coefficient (Wildman–Crippen LogP) is 5.89. The first-order valence-corrected chi connectivity index (χ1v) is 15.4. The molecule has 0 saturated carbocycles. The second kappa shape index (κ2) is 15.4. The number of cyclic esters (lactones) is 1. The number of rotatable bonds is 16. The fourth-order valence-corrected chi connectivity index (χ4v) is 5.50. The van der Waals surface area contributed by atoms with Crippen LogP contribution >= 0.6 is 0 Å². The van der Waals surface area contributed by atoms with Crippen molar-refractivity contribution >= 4 is 22.7 Å². The number of nitrogen functional groups attached to an aromatic ring is 1. The van der Waals surface area contributed by atoms with Crippen molar-refractivity contribution in [3.63, 3.8) is 0 Å². The van der Waals surface area contributed by atoms with Crippen molar-refractivity contribution in [1.82, 2.24) is 14.8 Å². The molecule has 2 heterocycles. The maximum atomic E-state index is 12.7. The SMILES string of the molecule is CN(CCOCCCCCCN1CC(c2ccc(OCc3ccccc3)c3[nH]c(=O)ccc23)OC1=O)Cc1cccc(N)c1. The van der Waals surface area contributed by atoms with E-state index in [0.29, 0.717) is 37.6 Å². The van der Waals surface area contributed by atoms with Gasteiger partial charge in [0.15, 0.2) is 0 Å². The maximum Gasteiger partial charge on any atom is 0.410 e. The molecule has 1 aliphatic heterocycles. The number of nitrogens with one attached hydrogen (secondary N) is 1. The highest BCUT2D eigenvalue weighted by Crippen LogP contribution is 2.35. The van der Waals surface area contributed by atoms with Crippen molar-refractivity contribution in [2.45, 2.75) is 44.9 Å². The summed E-state index contributed by atoms with van der Waals surface area (Å²) in [5.41, 5.74) is 10.1. The average Bonchev–Trinajstić information content (AvgIpc) is 3.39. The number of H-pyrrole nitrogens is 1. The minimum Gasteiger partial charge on any atom is -0.487 e. The van der Waals surface area contributed by atoms with E-state index in [1.165, 1.54) is 11.6 Å². The van der Waals surface area contributed by atoms with Crippen LogP contribution in [-0.4, -0.2) is 60.8 Å². The first-order valence-electron chi connectivity index (χ1n) is 15.4. The van der Waals surface area contributed by atoms with Crippen LogP contribution in [0.15, 0.2) is 83.7 Å². The Labute approximate surface area is 258 Å². The molecule has 1 aromatic heterocycles. The highest BCUT2D eigenvalue weighted by atomic mass is 16.6. The lowest BCUT2D eigenvalue weighted by atomic mass is 10.0. The first kappa shape index (κ1) is 31.1. The van der Waals surface area contributed by atoms with Gasteiger partial charge in [-0.2, -0.15) is 0 Å². The number of pyridine rings is 1. The van der Waals surface area contributed by atoms with Gasteiger partial charge in [0, 0.05) is 48.9 Å². The lowest BCUT2D eigenvalue weighted by Gasteiger charge is -2.17. The molecule has 4 aromatic rings. The van der Waals surface area contributed by atoms with Gasteiger partial charge in [0.25, 0.3) is 0 Å². The second-order valence-electron chi connectivity index (χ2n) is 11.4. The molecule has 0 spiro atoms. The van der Waals surface area contributed by atoms with Gasteiger partial charge in [-0.05, 0) is 55.3 Å². The molecule has 232 valence electrons. The molecule has 0 radical (unpaired) electrons. The van der Waals surface area contributed by atoms with Gasteiger partial charge in [0.1, 0.15) is 18.5 Å². The lowest BCUT2D eigenvalue weighted by molar-refractivity contribution is 0.106.